The number of amides is 2. The summed E-state index contributed by atoms with van der Waals surface area (Å²) in [6.45, 7) is -0.543. The molecule has 21 heavy (non-hydrogen) atoms. The van der Waals surface area contributed by atoms with Crippen LogP contribution in [-0.4, -0.2) is 73.2 Å². The van der Waals surface area contributed by atoms with Gasteiger partial charge in [-0.05, 0) is 0 Å². The van der Waals surface area contributed by atoms with Crippen molar-refractivity contribution in [1.82, 2.24) is 10.6 Å². The zero-order valence-electron chi connectivity index (χ0n) is 10.9. The fourth-order valence-electron chi connectivity index (χ4n) is 1.22. The Morgan fingerprint density at radius 1 is 1.24 bits per heavy atom. The molecule has 120 valence electrons. The summed E-state index contributed by atoms with van der Waals surface area (Å²) < 4.78 is 0. The molecule has 9 nitrogen and oxygen atoms in total. The van der Waals surface area contributed by atoms with Gasteiger partial charge in [0.2, 0.25) is 0 Å². The number of aliphatic carboxylic acids is 2. The number of carboxylic acid groups (broad SMARTS) is 2. The molecule has 0 bridgehead atoms. The van der Waals surface area contributed by atoms with Crippen molar-refractivity contribution in [3.05, 3.63) is 0 Å². The van der Waals surface area contributed by atoms with Crippen LogP contribution in [0.2, 0.25) is 0 Å². The first-order chi connectivity index (χ1) is 9.77. The summed E-state index contributed by atoms with van der Waals surface area (Å²) in [4.78, 5) is 44.2. The zero-order chi connectivity index (χ0) is 16.4. The van der Waals surface area contributed by atoms with Gasteiger partial charge >= 0.3 is 132 Å². The van der Waals surface area contributed by atoms with Gasteiger partial charge in [0.15, 0.2) is 0 Å². The quantitative estimate of drug-likeness (QED) is 0.256. The van der Waals surface area contributed by atoms with Crippen molar-refractivity contribution in [2.75, 3.05) is 12.3 Å². The third-order valence-corrected chi connectivity index (χ3v) is 3.73. The molecule has 0 saturated heterocycles. The van der Waals surface area contributed by atoms with E-state index in [4.69, 9.17) is 15.9 Å². The van der Waals surface area contributed by atoms with Crippen molar-refractivity contribution in [3.8, 4) is 0 Å². The van der Waals surface area contributed by atoms with E-state index in [0.29, 0.717) is 0 Å². The fraction of sp³-hybridized carbons (Fsp3) is 0.600. The molecule has 0 aromatic heterocycles. The summed E-state index contributed by atoms with van der Waals surface area (Å²) in [7, 11) is 1.24. The predicted octanol–water partition coefficient (Wildman–Crippen LogP) is -2.59. The van der Waals surface area contributed by atoms with Crippen LogP contribution in [-0.2, 0) is 19.2 Å². The molecule has 2 unspecified atom stereocenters. The van der Waals surface area contributed by atoms with Crippen molar-refractivity contribution in [3.63, 3.8) is 0 Å². The molecule has 0 aliphatic rings. The normalized spacial score (nSPS) is 13.0. The average Bonchev–Trinajstić information content (AvgIpc) is 2.41. The first kappa shape index (κ1) is 19.7. The molecule has 0 radical (unpaired) electrons. The summed E-state index contributed by atoms with van der Waals surface area (Å²) in [6.07, 6.45) is -0.195. The second-order valence-corrected chi connectivity index (χ2v) is 6.23. The number of nitrogens with one attached hydrogen (secondary N) is 2. The fourth-order valence-corrected chi connectivity index (χ4v) is 2.54. The van der Waals surface area contributed by atoms with Gasteiger partial charge in [-0.3, -0.25) is 0 Å². The molecule has 0 aliphatic heterocycles. The number of hydrogen-bond acceptors (Lipinski definition) is 6. The van der Waals surface area contributed by atoms with Crippen LogP contribution >= 0.6 is 10.2 Å². The summed E-state index contributed by atoms with van der Waals surface area (Å²) in [5, 5.41) is 21.6. The van der Waals surface area contributed by atoms with E-state index in [1.165, 1.54) is 10.2 Å². The van der Waals surface area contributed by atoms with Gasteiger partial charge in [-0.2, -0.15) is 0 Å². The van der Waals surface area contributed by atoms with Crippen LogP contribution in [0.3, 0.4) is 0 Å². The SMILES string of the molecule is NC(CCC(=O)NC(CS[SeH])C(=O)NCC(=O)O)C(=O)O. The number of carbonyl (C=O) groups excluding carboxylic acids is 2. The Bertz CT molecular complexity index is 408. The number of carbonyl (C=O) groups is 4. The molecule has 0 fully saturated rings. The maximum absolute atomic E-state index is 11.7. The molecule has 6 N–H and O–H groups in total. The third-order valence-electron chi connectivity index (χ3n) is 2.31. The number of hydrogen-bond donors (Lipinski definition) is 5. The topological polar surface area (TPSA) is 159 Å². The van der Waals surface area contributed by atoms with Gasteiger partial charge in [-0.1, -0.05) is 0 Å². The van der Waals surface area contributed by atoms with E-state index >= 15 is 0 Å². The van der Waals surface area contributed by atoms with Gasteiger partial charge in [-0.15, -0.1) is 0 Å². The van der Waals surface area contributed by atoms with Crippen molar-refractivity contribution >= 4 is 48.8 Å². The summed E-state index contributed by atoms with van der Waals surface area (Å²) in [6, 6.07) is -2.04. The molecule has 11 heteroatoms. The van der Waals surface area contributed by atoms with E-state index in [1.807, 2.05) is 0 Å². The summed E-state index contributed by atoms with van der Waals surface area (Å²) in [5.74, 6) is -3.31. The van der Waals surface area contributed by atoms with Gasteiger partial charge in [-0.25, -0.2) is 0 Å². The summed E-state index contributed by atoms with van der Waals surface area (Å²) in [5.41, 5.74) is 5.26. The van der Waals surface area contributed by atoms with E-state index in [-0.39, 0.29) is 18.6 Å². The van der Waals surface area contributed by atoms with Crippen molar-refractivity contribution in [2.45, 2.75) is 24.9 Å². The Kier molecular flexibility index (Phi) is 9.80. The second kappa shape index (κ2) is 10.4. The Morgan fingerprint density at radius 3 is 2.33 bits per heavy atom. The van der Waals surface area contributed by atoms with Crippen LogP contribution in [0.5, 0.6) is 0 Å². The third kappa shape index (κ3) is 9.29. The zero-order valence-corrected chi connectivity index (χ0v) is 13.6. The Hall–Kier alpha value is -1.29. The molecular formula is C10H17N3O6SSe. The monoisotopic (exact) mass is 387 g/mol. The van der Waals surface area contributed by atoms with Crippen LogP contribution in [0, 0.1) is 0 Å². The van der Waals surface area contributed by atoms with Crippen LogP contribution in [0.25, 0.3) is 0 Å². The molecule has 0 saturated carbocycles. The molecule has 0 spiro atoms. The van der Waals surface area contributed by atoms with Crippen LogP contribution in [0.15, 0.2) is 0 Å². The number of nitrogens with two attached hydrogens (primary N) is 1. The first-order valence-electron chi connectivity index (χ1n) is 5.81. The number of rotatable bonds is 10. The second-order valence-electron chi connectivity index (χ2n) is 4.01. The molecule has 2 atom stereocenters. The van der Waals surface area contributed by atoms with Gasteiger partial charge in [0.05, 0.1) is 0 Å². The maximum atomic E-state index is 11.7. The Balaban J connectivity index is 4.35. The van der Waals surface area contributed by atoms with E-state index in [1.54, 1.807) is 0 Å². The van der Waals surface area contributed by atoms with Gasteiger partial charge in [0.25, 0.3) is 0 Å². The number of carboxylic acids is 2. The van der Waals surface area contributed by atoms with Gasteiger partial charge in [0, 0.05) is 0 Å². The Labute approximate surface area is 132 Å². The first-order valence-corrected chi connectivity index (χ1v) is 9.05. The molecule has 0 rings (SSSR count). The molecule has 2 amide bonds. The van der Waals surface area contributed by atoms with Gasteiger partial charge < -0.3 is 0 Å². The standard InChI is InChI=1S/C10H17N3O6SSe/c11-5(10(18)19)1-2-7(14)13-6(4-20-21)9(17)12-3-8(15)16/h5-6,21H,1-4,11H2,(H,12,17)(H,13,14)(H,15,16)(H,18,19). The molecule has 0 aromatic carbocycles. The van der Waals surface area contributed by atoms with Crippen molar-refractivity contribution in [1.29, 1.82) is 0 Å². The minimum atomic E-state index is -1.21. The molecular weight excluding hydrogens is 369 g/mol. The minimum absolute atomic E-state index is 0.0556. The van der Waals surface area contributed by atoms with E-state index < -0.39 is 42.4 Å². The summed E-state index contributed by atoms with van der Waals surface area (Å²) >= 11 is 2.16. The van der Waals surface area contributed by atoms with Crippen LogP contribution in [0.1, 0.15) is 12.8 Å². The van der Waals surface area contributed by atoms with Crippen molar-refractivity contribution < 1.29 is 29.4 Å². The van der Waals surface area contributed by atoms with Crippen LogP contribution in [0.4, 0.5) is 0 Å². The molecule has 0 aliphatic carbocycles. The van der Waals surface area contributed by atoms with E-state index in [0.717, 1.165) is 0 Å². The van der Waals surface area contributed by atoms with Crippen LogP contribution < -0.4 is 16.4 Å². The van der Waals surface area contributed by atoms with Gasteiger partial charge in [0.1, 0.15) is 0 Å². The van der Waals surface area contributed by atoms with Crippen molar-refractivity contribution in [2.24, 2.45) is 5.73 Å². The molecule has 0 heterocycles. The Morgan fingerprint density at radius 2 is 1.86 bits per heavy atom. The molecule has 0 aromatic rings. The van der Waals surface area contributed by atoms with E-state index in [9.17, 15) is 19.2 Å². The average molecular weight is 386 g/mol. The predicted molar refractivity (Wildman–Crippen MR) is 77.0 cm³/mol. The van der Waals surface area contributed by atoms with E-state index in [2.05, 4.69) is 25.5 Å².